The van der Waals surface area contributed by atoms with E-state index in [-0.39, 0.29) is 5.41 Å². The van der Waals surface area contributed by atoms with Crippen LogP contribution in [0.15, 0.2) is 0 Å². The van der Waals surface area contributed by atoms with Crippen LogP contribution < -0.4 is 0 Å². The molecule has 2 heterocycles. The first-order valence-corrected chi connectivity index (χ1v) is 6.81. The van der Waals surface area contributed by atoms with Crippen LogP contribution in [0.25, 0.3) is 0 Å². The van der Waals surface area contributed by atoms with Crippen molar-refractivity contribution in [1.82, 2.24) is 9.80 Å². The number of aliphatic hydroxyl groups is 1. The van der Waals surface area contributed by atoms with Gasteiger partial charge in [0.1, 0.15) is 6.17 Å². The molecule has 0 bridgehead atoms. The standard InChI is InChI=1S/C13H25FN2O2/c1-13(2,9-15-3-5-18-6-4-15)10-16-7-11(14)12(17)8-16/h11-12,17H,3-10H2,1-2H3/t11-,12-/m1/s1. The van der Waals surface area contributed by atoms with Gasteiger partial charge in [-0.15, -0.1) is 0 Å². The van der Waals surface area contributed by atoms with Gasteiger partial charge in [0.15, 0.2) is 0 Å². The lowest BCUT2D eigenvalue weighted by molar-refractivity contribution is 0.0157. The summed E-state index contributed by atoms with van der Waals surface area (Å²) in [5, 5.41) is 9.44. The van der Waals surface area contributed by atoms with Crippen molar-refractivity contribution in [2.75, 3.05) is 52.5 Å². The molecule has 106 valence electrons. The van der Waals surface area contributed by atoms with Gasteiger partial charge in [0.2, 0.25) is 0 Å². The van der Waals surface area contributed by atoms with Crippen LogP contribution >= 0.6 is 0 Å². The number of halogens is 1. The highest BCUT2D eigenvalue weighted by Crippen LogP contribution is 2.23. The number of alkyl halides is 1. The summed E-state index contributed by atoms with van der Waals surface area (Å²) in [4.78, 5) is 4.44. The van der Waals surface area contributed by atoms with Crippen LogP contribution in [0, 0.1) is 5.41 Å². The minimum atomic E-state index is -1.08. The summed E-state index contributed by atoms with van der Waals surface area (Å²) in [6.07, 6.45) is -1.88. The molecule has 0 aromatic heterocycles. The fourth-order valence-corrected chi connectivity index (χ4v) is 2.97. The molecule has 2 aliphatic rings. The van der Waals surface area contributed by atoms with Crippen LogP contribution in [-0.4, -0.2) is 79.7 Å². The van der Waals surface area contributed by atoms with Gasteiger partial charge < -0.3 is 9.84 Å². The lowest BCUT2D eigenvalue weighted by atomic mass is 9.92. The molecule has 2 saturated heterocycles. The average Bonchev–Trinajstić information content (AvgIpc) is 2.57. The molecule has 0 unspecified atom stereocenters. The number of hydrogen-bond donors (Lipinski definition) is 1. The molecular formula is C13H25FN2O2. The van der Waals surface area contributed by atoms with Gasteiger partial charge in [-0.1, -0.05) is 13.8 Å². The molecule has 0 aromatic rings. The Morgan fingerprint density at radius 3 is 2.33 bits per heavy atom. The zero-order chi connectivity index (χ0) is 13.2. The summed E-state index contributed by atoms with van der Waals surface area (Å²) < 4.78 is 18.6. The summed E-state index contributed by atoms with van der Waals surface area (Å²) in [6, 6.07) is 0. The zero-order valence-electron chi connectivity index (χ0n) is 11.4. The molecule has 0 saturated carbocycles. The van der Waals surface area contributed by atoms with Gasteiger partial charge in [-0.3, -0.25) is 9.80 Å². The predicted molar refractivity (Wildman–Crippen MR) is 68.4 cm³/mol. The molecular weight excluding hydrogens is 235 g/mol. The highest BCUT2D eigenvalue weighted by molar-refractivity contribution is 4.87. The van der Waals surface area contributed by atoms with Crippen LogP contribution in [0.1, 0.15) is 13.8 Å². The van der Waals surface area contributed by atoms with Gasteiger partial charge in [-0.25, -0.2) is 4.39 Å². The van der Waals surface area contributed by atoms with Crippen molar-refractivity contribution < 1.29 is 14.2 Å². The normalized spacial score (nSPS) is 32.0. The van der Waals surface area contributed by atoms with E-state index in [1.807, 2.05) is 4.90 Å². The second-order valence-corrected chi connectivity index (χ2v) is 6.33. The third-order valence-electron chi connectivity index (χ3n) is 3.70. The Bertz CT molecular complexity index is 260. The van der Waals surface area contributed by atoms with E-state index in [4.69, 9.17) is 4.74 Å². The van der Waals surface area contributed by atoms with Gasteiger partial charge in [-0.2, -0.15) is 0 Å². The Balaban J connectivity index is 1.79. The Labute approximate surface area is 109 Å². The van der Waals surface area contributed by atoms with E-state index in [0.717, 1.165) is 39.4 Å². The summed E-state index contributed by atoms with van der Waals surface area (Å²) in [5.41, 5.74) is 0.112. The Morgan fingerprint density at radius 2 is 1.78 bits per heavy atom. The fourth-order valence-electron chi connectivity index (χ4n) is 2.97. The highest BCUT2D eigenvalue weighted by atomic mass is 19.1. The summed E-state index contributed by atoms with van der Waals surface area (Å²) in [7, 11) is 0. The van der Waals surface area contributed by atoms with Crippen molar-refractivity contribution in [3.05, 3.63) is 0 Å². The summed E-state index contributed by atoms with van der Waals surface area (Å²) in [6.45, 7) is 10.7. The second-order valence-electron chi connectivity index (χ2n) is 6.33. The largest absolute Gasteiger partial charge is 0.389 e. The molecule has 4 nitrogen and oxygen atoms in total. The van der Waals surface area contributed by atoms with Crippen molar-refractivity contribution in [2.45, 2.75) is 26.1 Å². The first-order valence-electron chi connectivity index (χ1n) is 6.81. The van der Waals surface area contributed by atoms with Crippen molar-refractivity contribution in [3.8, 4) is 0 Å². The molecule has 1 N–H and O–H groups in total. The average molecular weight is 260 g/mol. The quantitative estimate of drug-likeness (QED) is 0.792. The number of ether oxygens (including phenoxy) is 1. The predicted octanol–water partition coefficient (Wildman–Crippen LogP) is 0.359. The van der Waals surface area contributed by atoms with E-state index in [1.54, 1.807) is 0 Å². The summed E-state index contributed by atoms with van der Waals surface area (Å²) >= 11 is 0. The molecule has 2 aliphatic heterocycles. The molecule has 0 amide bonds. The van der Waals surface area contributed by atoms with Crippen molar-refractivity contribution >= 4 is 0 Å². The third kappa shape index (κ3) is 3.88. The number of aliphatic hydroxyl groups excluding tert-OH is 1. The number of rotatable bonds is 4. The lowest BCUT2D eigenvalue weighted by Gasteiger charge is -2.37. The van der Waals surface area contributed by atoms with Crippen LogP contribution in [0.3, 0.4) is 0 Å². The number of hydrogen-bond acceptors (Lipinski definition) is 4. The lowest BCUT2D eigenvalue weighted by Crippen LogP contribution is -2.45. The maximum atomic E-state index is 13.3. The third-order valence-corrected chi connectivity index (χ3v) is 3.70. The Kier molecular flexibility index (Phi) is 4.59. The van der Waals surface area contributed by atoms with Crippen molar-refractivity contribution in [3.63, 3.8) is 0 Å². The van der Waals surface area contributed by atoms with E-state index in [2.05, 4.69) is 18.7 Å². The molecule has 0 radical (unpaired) electrons. The molecule has 2 fully saturated rings. The van der Waals surface area contributed by atoms with Crippen LogP contribution in [0.2, 0.25) is 0 Å². The number of morpholine rings is 1. The van der Waals surface area contributed by atoms with Gasteiger partial charge in [0.05, 0.1) is 19.3 Å². The number of β-amino-alcohol motifs (C(OH)–C–C–N with tert-alkyl or cyclic N) is 1. The second kappa shape index (κ2) is 5.82. The minimum absolute atomic E-state index is 0.112. The highest BCUT2D eigenvalue weighted by Gasteiger charge is 2.34. The topological polar surface area (TPSA) is 35.9 Å². The van der Waals surface area contributed by atoms with Gasteiger partial charge >= 0.3 is 0 Å². The molecule has 0 aromatic carbocycles. The van der Waals surface area contributed by atoms with Crippen LogP contribution in [-0.2, 0) is 4.74 Å². The maximum absolute atomic E-state index is 13.3. The maximum Gasteiger partial charge on any atom is 0.140 e. The Hall–Kier alpha value is -0.230. The van der Waals surface area contributed by atoms with E-state index in [0.29, 0.717) is 13.1 Å². The van der Waals surface area contributed by atoms with Gasteiger partial charge in [0, 0.05) is 39.3 Å². The molecule has 2 rings (SSSR count). The number of likely N-dealkylation sites (tertiary alicyclic amines) is 1. The smallest absolute Gasteiger partial charge is 0.140 e. The van der Waals surface area contributed by atoms with Crippen LogP contribution in [0.5, 0.6) is 0 Å². The molecule has 5 heteroatoms. The van der Waals surface area contributed by atoms with Gasteiger partial charge in [0.25, 0.3) is 0 Å². The molecule has 2 atom stereocenters. The van der Waals surface area contributed by atoms with Crippen molar-refractivity contribution in [1.29, 1.82) is 0 Å². The monoisotopic (exact) mass is 260 g/mol. The van der Waals surface area contributed by atoms with E-state index in [1.165, 1.54) is 0 Å². The summed E-state index contributed by atoms with van der Waals surface area (Å²) in [5.74, 6) is 0. The first-order chi connectivity index (χ1) is 8.46. The van der Waals surface area contributed by atoms with Crippen molar-refractivity contribution in [2.24, 2.45) is 5.41 Å². The number of nitrogens with zero attached hydrogens (tertiary/aromatic N) is 2. The minimum Gasteiger partial charge on any atom is -0.389 e. The SMILES string of the molecule is CC(C)(CN1CCOCC1)CN1C[C@@H](O)[C@H](F)C1. The van der Waals surface area contributed by atoms with Crippen LogP contribution in [0.4, 0.5) is 4.39 Å². The van der Waals surface area contributed by atoms with E-state index in [9.17, 15) is 9.50 Å². The zero-order valence-corrected chi connectivity index (χ0v) is 11.4. The van der Waals surface area contributed by atoms with E-state index >= 15 is 0 Å². The first kappa shape index (κ1) is 14.2. The molecule has 18 heavy (non-hydrogen) atoms. The molecule has 0 aliphatic carbocycles. The van der Waals surface area contributed by atoms with E-state index < -0.39 is 12.3 Å². The molecule has 0 spiro atoms. The Morgan fingerprint density at radius 1 is 1.17 bits per heavy atom. The fraction of sp³-hybridized carbons (Fsp3) is 1.00. The van der Waals surface area contributed by atoms with Gasteiger partial charge in [-0.05, 0) is 5.41 Å².